The van der Waals surface area contributed by atoms with Crippen LogP contribution in [0.2, 0.25) is 0 Å². The summed E-state index contributed by atoms with van der Waals surface area (Å²) in [7, 11) is -0.551. The summed E-state index contributed by atoms with van der Waals surface area (Å²) in [5.74, 6) is 2.58. The third kappa shape index (κ3) is 1.72. The van der Waals surface area contributed by atoms with Crippen LogP contribution in [0.25, 0.3) is 0 Å². The monoisotopic (exact) mass is 187 g/mol. The van der Waals surface area contributed by atoms with Gasteiger partial charge < -0.3 is 5.32 Å². The highest BCUT2D eigenvalue weighted by molar-refractivity contribution is 7.85. The number of hydrogen-bond donors (Lipinski definition) is 1. The maximum atomic E-state index is 11.4. The van der Waals surface area contributed by atoms with Crippen LogP contribution in [-0.2, 0) is 10.8 Å². The van der Waals surface area contributed by atoms with Gasteiger partial charge in [0.15, 0.2) is 0 Å². The number of nitrogens with one attached hydrogen (secondary N) is 1. The van der Waals surface area contributed by atoms with E-state index in [1.54, 1.807) is 0 Å². The summed E-state index contributed by atoms with van der Waals surface area (Å²) in [6.07, 6.45) is 4.08. The molecule has 0 aromatic rings. The van der Waals surface area contributed by atoms with Crippen LogP contribution in [0.4, 0.5) is 0 Å². The fourth-order valence-corrected chi connectivity index (χ4v) is 3.68. The lowest BCUT2D eigenvalue weighted by atomic mass is 9.80. The molecule has 2 aliphatic rings. The number of hydrogen-bond acceptors (Lipinski definition) is 2. The maximum Gasteiger partial charge on any atom is 0.0392 e. The van der Waals surface area contributed by atoms with Crippen molar-refractivity contribution in [3.63, 3.8) is 0 Å². The van der Waals surface area contributed by atoms with Crippen molar-refractivity contribution in [3.05, 3.63) is 0 Å². The van der Waals surface area contributed by atoms with Crippen molar-refractivity contribution < 1.29 is 4.21 Å². The zero-order valence-corrected chi connectivity index (χ0v) is 8.40. The Balaban J connectivity index is 1.92. The molecule has 1 saturated heterocycles. The predicted octanol–water partition coefficient (Wildman–Crippen LogP) is 0.895. The van der Waals surface area contributed by atoms with Crippen LogP contribution in [0.15, 0.2) is 0 Å². The van der Waals surface area contributed by atoms with Gasteiger partial charge in [0, 0.05) is 34.4 Å². The standard InChI is InChI=1S/C9H17NOS/c1-7-5-12(11)6-9(10-7)8-3-2-4-8/h7-10H,2-6H2,1H3. The first-order valence-corrected chi connectivity index (χ1v) is 6.35. The quantitative estimate of drug-likeness (QED) is 0.660. The van der Waals surface area contributed by atoms with E-state index in [4.69, 9.17) is 0 Å². The average Bonchev–Trinajstić information content (AvgIpc) is 1.79. The summed E-state index contributed by atoms with van der Waals surface area (Å²) < 4.78 is 11.4. The van der Waals surface area contributed by atoms with Crippen molar-refractivity contribution in [2.45, 2.75) is 38.3 Å². The van der Waals surface area contributed by atoms with E-state index in [2.05, 4.69) is 12.2 Å². The molecule has 1 aliphatic heterocycles. The van der Waals surface area contributed by atoms with Gasteiger partial charge in [-0.05, 0) is 25.7 Å². The van der Waals surface area contributed by atoms with Crippen LogP contribution < -0.4 is 5.32 Å². The molecule has 1 aliphatic carbocycles. The lowest BCUT2D eigenvalue weighted by molar-refractivity contribution is 0.230. The molecule has 0 aromatic heterocycles. The Morgan fingerprint density at radius 3 is 2.58 bits per heavy atom. The van der Waals surface area contributed by atoms with Crippen molar-refractivity contribution in [1.82, 2.24) is 5.32 Å². The normalized spacial score (nSPS) is 43.9. The molecule has 2 nitrogen and oxygen atoms in total. The zero-order chi connectivity index (χ0) is 8.55. The Labute approximate surface area is 76.6 Å². The van der Waals surface area contributed by atoms with Gasteiger partial charge in [-0.2, -0.15) is 0 Å². The molecule has 2 rings (SSSR count). The second-order valence-electron chi connectivity index (χ2n) is 4.14. The summed E-state index contributed by atoms with van der Waals surface area (Å²) in [6.45, 7) is 2.14. The van der Waals surface area contributed by atoms with Gasteiger partial charge in [0.05, 0.1) is 0 Å². The largest absolute Gasteiger partial charge is 0.309 e. The molecule has 3 atom stereocenters. The maximum absolute atomic E-state index is 11.4. The van der Waals surface area contributed by atoms with Crippen molar-refractivity contribution >= 4 is 10.8 Å². The first-order valence-electron chi connectivity index (χ1n) is 4.87. The molecular formula is C9H17NOS. The molecule has 0 bridgehead atoms. The van der Waals surface area contributed by atoms with Crippen molar-refractivity contribution in [2.75, 3.05) is 11.5 Å². The summed E-state index contributed by atoms with van der Waals surface area (Å²) >= 11 is 0. The summed E-state index contributed by atoms with van der Waals surface area (Å²) in [6, 6.07) is 1.02. The highest BCUT2D eigenvalue weighted by Crippen LogP contribution is 2.31. The minimum absolute atomic E-state index is 0.463. The molecule has 3 heteroatoms. The van der Waals surface area contributed by atoms with Gasteiger partial charge in [-0.15, -0.1) is 0 Å². The smallest absolute Gasteiger partial charge is 0.0392 e. The molecule has 70 valence electrons. The molecule has 0 spiro atoms. The third-order valence-electron chi connectivity index (χ3n) is 3.02. The first-order chi connectivity index (χ1) is 5.75. The minimum Gasteiger partial charge on any atom is -0.309 e. The van der Waals surface area contributed by atoms with E-state index in [9.17, 15) is 4.21 Å². The lowest BCUT2D eigenvalue weighted by Gasteiger charge is -2.38. The Bertz CT molecular complexity index is 191. The van der Waals surface area contributed by atoms with Gasteiger partial charge in [-0.25, -0.2) is 0 Å². The van der Waals surface area contributed by atoms with Crippen molar-refractivity contribution in [1.29, 1.82) is 0 Å². The second-order valence-corrected chi connectivity index (χ2v) is 5.68. The first kappa shape index (κ1) is 8.70. The third-order valence-corrected chi connectivity index (χ3v) is 4.62. The molecule has 0 amide bonds. The fraction of sp³-hybridized carbons (Fsp3) is 1.00. The molecule has 1 heterocycles. The molecule has 0 aromatic carbocycles. The van der Waals surface area contributed by atoms with Crippen LogP contribution in [0.1, 0.15) is 26.2 Å². The summed E-state index contributed by atoms with van der Waals surface area (Å²) in [5.41, 5.74) is 0. The molecule has 3 unspecified atom stereocenters. The summed E-state index contributed by atoms with van der Waals surface area (Å²) in [5, 5.41) is 3.56. The van der Waals surface area contributed by atoms with E-state index < -0.39 is 10.8 Å². The SMILES string of the molecule is CC1CS(=O)CC(C2CCC2)N1. The number of rotatable bonds is 1. The van der Waals surface area contributed by atoms with Gasteiger partial charge in [0.1, 0.15) is 0 Å². The van der Waals surface area contributed by atoms with Gasteiger partial charge in [-0.1, -0.05) is 6.42 Å². The van der Waals surface area contributed by atoms with Crippen LogP contribution in [0.3, 0.4) is 0 Å². The van der Waals surface area contributed by atoms with Gasteiger partial charge in [0.25, 0.3) is 0 Å². The van der Waals surface area contributed by atoms with Crippen LogP contribution in [-0.4, -0.2) is 27.8 Å². The highest BCUT2D eigenvalue weighted by Gasteiger charge is 2.32. The van der Waals surface area contributed by atoms with Crippen LogP contribution >= 0.6 is 0 Å². The van der Waals surface area contributed by atoms with Crippen LogP contribution in [0, 0.1) is 5.92 Å². The Morgan fingerprint density at radius 2 is 2.08 bits per heavy atom. The van der Waals surface area contributed by atoms with E-state index in [0.29, 0.717) is 12.1 Å². The van der Waals surface area contributed by atoms with E-state index in [0.717, 1.165) is 17.4 Å². The Hall–Kier alpha value is 0.110. The van der Waals surface area contributed by atoms with E-state index in [1.165, 1.54) is 19.3 Å². The van der Waals surface area contributed by atoms with Crippen molar-refractivity contribution in [3.8, 4) is 0 Å². The van der Waals surface area contributed by atoms with Crippen molar-refractivity contribution in [2.24, 2.45) is 5.92 Å². The topological polar surface area (TPSA) is 29.1 Å². The molecule has 2 fully saturated rings. The lowest BCUT2D eigenvalue weighted by Crippen LogP contribution is -2.53. The molecule has 0 radical (unpaired) electrons. The second kappa shape index (κ2) is 3.46. The van der Waals surface area contributed by atoms with E-state index >= 15 is 0 Å². The molecule has 12 heavy (non-hydrogen) atoms. The minimum atomic E-state index is -0.551. The van der Waals surface area contributed by atoms with Gasteiger partial charge >= 0.3 is 0 Å². The predicted molar refractivity (Wildman–Crippen MR) is 51.6 cm³/mol. The van der Waals surface area contributed by atoms with Crippen LogP contribution in [0.5, 0.6) is 0 Å². The zero-order valence-electron chi connectivity index (χ0n) is 7.58. The van der Waals surface area contributed by atoms with E-state index in [1.807, 2.05) is 0 Å². The molecule has 1 N–H and O–H groups in total. The highest BCUT2D eigenvalue weighted by atomic mass is 32.2. The Kier molecular flexibility index (Phi) is 2.51. The van der Waals surface area contributed by atoms with E-state index in [-0.39, 0.29) is 0 Å². The van der Waals surface area contributed by atoms with Gasteiger partial charge in [0.2, 0.25) is 0 Å². The molecular weight excluding hydrogens is 170 g/mol. The summed E-state index contributed by atoms with van der Waals surface area (Å²) in [4.78, 5) is 0. The fourth-order valence-electron chi connectivity index (χ4n) is 2.12. The molecule has 1 saturated carbocycles. The van der Waals surface area contributed by atoms with Gasteiger partial charge in [-0.3, -0.25) is 4.21 Å². The average molecular weight is 187 g/mol. The Morgan fingerprint density at radius 1 is 1.33 bits per heavy atom.